The van der Waals surface area contributed by atoms with E-state index in [1.165, 1.54) is 6.42 Å². The van der Waals surface area contributed by atoms with Crippen molar-refractivity contribution in [1.82, 2.24) is 10.3 Å². The molecule has 0 saturated carbocycles. The molecule has 4 nitrogen and oxygen atoms in total. The lowest BCUT2D eigenvalue weighted by Crippen LogP contribution is -2.32. The van der Waals surface area contributed by atoms with Gasteiger partial charge in [0, 0.05) is 34.9 Å². The standard InChI is InChI=1S/C16H17N3OS/c20-15(13-9-12-4-5-14(13)18-12)19-11-3-1-2-10(8-11)16-17-6-7-21-16/h1-3,6-8,12-14,18H,4-5,9H2,(H,19,20). The number of aromatic nitrogens is 1. The van der Waals surface area contributed by atoms with E-state index in [0.29, 0.717) is 12.1 Å². The van der Waals surface area contributed by atoms with E-state index in [2.05, 4.69) is 15.6 Å². The maximum atomic E-state index is 12.4. The SMILES string of the molecule is O=C(Nc1cccc(-c2nccs2)c1)C1CC2CCC1N2. The molecule has 1 amide bonds. The third kappa shape index (κ3) is 2.47. The molecule has 2 aliphatic heterocycles. The van der Waals surface area contributed by atoms with Gasteiger partial charge in [-0.25, -0.2) is 4.98 Å². The van der Waals surface area contributed by atoms with Crippen LogP contribution in [0.2, 0.25) is 0 Å². The Labute approximate surface area is 127 Å². The minimum absolute atomic E-state index is 0.118. The lowest BCUT2D eigenvalue weighted by Gasteiger charge is -2.19. The van der Waals surface area contributed by atoms with Crippen molar-refractivity contribution < 1.29 is 4.79 Å². The molecule has 3 unspecified atom stereocenters. The summed E-state index contributed by atoms with van der Waals surface area (Å²) in [6, 6.07) is 8.84. The number of fused-ring (bicyclic) bond motifs is 2. The van der Waals surface area contributed by atoms with Gasteiger partial charge >= 0.3 is 0 Å². The fraction of sp³-hybridized carbons (Fsp3) is 0.375. The Hall–Kier alpha value is -1.72. The van der Waals surface area contributed by atoms with Gasteiger partial charge in [-0.2, -0.15) is 0 Å². The van der Waals surface area contributed by atoms with Crippen LogP contribution in [-0.4, -0.2) is 23.0 Å². The molecule has 2 bridgehead atoms. The second-order valence-corrected chi connectivity index (χ2v) is 6.69. The fourth-order valence-electron chi connectivity index (χ4n) is 3.44. The van der Waals surface area contributed by atoms with Crippen LogP contribution in [-0.2, 0) is 4.79 Å². The molecule has 1 aromatic carbocycles. The number of anilines is 1. The zero-order valence-electron chi connectivity index (χ0n) is 11.6. The monoisotopic (exact) mass is 299 g/mol. The van der Waals surface area contributed by atoms with Crippen molar-refractivity contribution in [3.63, 3.8) is 0 Å². The van der Waals surface area contributed by atoms with Gasteiger partial charge in [0.05, 0.1) is 5.92 Å². The van der Waals surface area contributed by atoms with Gasteiger partial charge in [-0.1, -0.05) is 12.1 Å². The second kappa shape index (κ2) is 5.24. The van der Waals surface area contributed by atoms with Gasteiger partial charge in [-0.15, -0.1) is 11.3 Å². The van der Waals surface area contributed by atoms with E-state index >= 15 is 0 Å². The van der Waals surface area contributed by atoms with Crippen LogP contribution in [0.4, 0.5) is 5.69 Å². The number of carbonyl (C=O) groups excluding carboxylic acids is 1. The van der Waals surface area contributed by atoms with Crippen molar-refractivity contribution in [3.05, 3.63) is 35.8 Å². The molecule has 2 fully saturated rings. The molecule has 1 aromatic heterocycles. The minimum atomic E-state index is 0.118. The zero-order valence-corrected chi connectivity index (χ0v) is 12.4. The van der Waals surface area contributed by atoms with Crippen LogP contribution in [0.3, 0.4) is 0 Å². The first-order valence-electron chi connectivity index (χ1n) is 7.36. The summed E-state index contributed by atoms with van der Waals surface area (Å²) >= 11 is 1.60. The van der Waals surface area contributed by atoms with E-state index in [1.807, 2.05) is 29.6 Å². The maximum Gasteiger partial charge on any atom is 0.229 e. The van der Waals surface area contributed by atoms with Gasteiger partial charge in [0.1, 0.15) is 5.01 Å². The largest absolute Gasteiger partial charge is 0.326 e. The number of nitrogens with zero attached hydrogens (tertiary/aromatic N) is 1. The van der Waals surface area contributed by atoms with Crippen molar-refractivity contribution >= 4 is 22.9 Å². The van der Waals surface area contributed by atoms with Crippen LogP contribution in [0.25, 0.3) is 10.6 Å². The molecule has 5 heteroatoms. The molecule has 2 aliphatic rings. The van der Waals surface area contributed by atoms with E-state index in [4.69, 9.17) is 0 Å². The van der Waals surface area contributed by atoms with Crippen LogP contribution in [0.15, 0.2) is 35.8 Å². The molecule has 2 saturated heterocycles. The molecular weight excluding hydrogens is 282 g/mol. The Morgan fingerprint density at radius 1 is 1.38 bits per heavy atom. The van der Waals surface area contributed by atoms with E-state index < -0.39 is 0 Å². The van der Waals surface area contributed by atoms with E-state index in [-0.39, 0.29) is 11.8 Å². The van der Waals surface area contributed by atoms with Crippen LogP contribution >= 0.6 is 11.3 Å². The molecule has 0 spiro atoms. The number of hydrogen-bond acceptors (Lipinski definition) is 4. The molecule has 2 N–H and O–H groups in total. The van der Waals surface area contributed by atoms with E-state index in [1.54, 1.807) is 17.5 Å². The maximum absolute atomic E-state index is 12.4. The molecule has 3 atom stereocenters. The van der Waals surface area contributed by atoms with Crippen molar-refractivity contribution in [1.29, 1.82) is 0 Å². The zero-order chi connectivity index (χ0) is 14.2. The van der Waals surface area contributed by atoms with Gasteiger partial charge in [-0.05, 0) is 31.4 Å². The lowest BCUT2D eigenvalue weighted by atomic mass is 9.88. The Balaban J connectivity index is 1.50. The average Bonchev–Trinajstić information content (AvgIpc) is 3.24. The molecular formula is C16H17N3OS. The highest BCUT2D eigenvalue weighted by atomic mass is 32.1. The van der Waals surface area contributed by atoms with Gasteiger partial charge in [0.15, 0.2) is 0 Å². The molecule has 3 heterocycles. The lowest BCUT2D eigenvalue weighted by molar-refractivity contribution is -0.120. The Bertz CT molecular complexity index is 655. The highest BCUT2D eigenvalue weighted by molar-refractivity contribution is 7.13. The van der Waals surface area contributed by atoms with Gasteiger partial charge in [0.2, 0.25) is 5.91 Å². The first-order chi connectivity index (χ1) is 10.3. The Morgan fingerprint density at radius 2 is 2.33 bits per heavy atom. The summed E-state index contributed by atoms with van der Waals surface area (Å²) in [5, 5.41) is 9.52. The first-order valence-corrected chi connectivity index (χ1v) is 8.24. The molecule has 4 rings (SSSR count). The van der Waals surface area contributed by atoms with Crippen molar-refractivity contribution in [2.45, 2.75) is 31.3 Å². The summed E-state index contributed by atoms with van der Waals surface area (Å²) in [7, 11) is 0. The highest BCUT2D eigenvalue weighted by Crippen LogP contribution is 2.34. The Morgan fingerprint density at radius 3 is 3.05 bits per heavy atom. The molecule has 2 aromatic rings. The second-order valence-electron chi connectivity index (χ2n) is 5.80. The summed E-state index contributed by atoms with van der Waals surface area (Å²) in [6.07, 6.45) is 5.12. The summed E-state index contributed by atoms with van der Waals surface area (Å²) in [4.78, 5) is 16.7. The number of nitrogens with one attached hydrogen (secondary N) is 2. The van der Waals surface area contributed by atoms with E-state index in [0.717, 1.165) is 29.1 Å². The van der Waals surface area contributed by atoms with E-state index in [9.17, 15) is 4.79 Å². The van der Waals surface area contributed by atoms with Crippen molar-refractivity contribution in [2.24, 2.45) is 5.92 Å². The number of thiazole rings is 1. The van der Waals surface area contributed by atoms with Crippen molar-refractivity contribution in [2.75, 3.05) is 5.32 Å². The van der Waals surface area contributed by atoms with Gasteiger partial charge in [-0.3, -0.25) is 4.79 Å². The molecule has 0 aliphatic carbocycles. The van der Waals surface area contributed by atoms with Gasteiger partial charge < -0.3 is 10.6 Å². The molecule has 108 valence electrons. The number of rotatable bonds is 3. The fourth-order valence-corrected chi connectivity index (χ4v) is 4.08. The normalized spacial score (nSPS) is 27.0. The predicted octanol–water partition coefficient (Wildman–Crippen LogP) is 2.89. The number of benzene rings is 1. The van der Waals surface area contributed by atoms with Crippen LogP contribution in [0.1, 0.15) is 19.3 Å². The predicted molar refractivity (Wildman–Crippen MR) is 84.2 cm³/mol. The summed E-state index contributed by atoms with van der Waals surface area (Å²) in [5.41, 5.74) is 1.91. The summed E-state index contributed by atoms with van der Waals surface area (Å²) in [6.45, 7) is 0. The van der Waals surface area contributed by atoms with Crippen molar-refractivity contribution in [3.8, 4) is 10.6 Å². The number of amides is 1. The molecule has 0 radical (unpaired) electrons. The number of carbonyl (C=O) groups is 1. The number of hydrogen-bond donors (Lipinski definition) is 2. The summed E-state index contributed by atoms with van der Waals surface area (Å²) in [5.74, 6) is 0.262. The topological polar surface area (TPSA) is 54.0 Å². The smallest absolute Gasteiger partial charge is 0.229 e. The highest BCUT2D eigenvalue weighted by Gasteiger charge is 2.42. The average molecular weight is 299 g/mol. The van der Waals surface area contributed by atoms with Crippen LogP contribution < -0.4 is 10.6 Å². The third-order valence-electron chi connectivity index (χ3n) is 4.45. The first kappa shape index (κ1) is 13.0. The van der Waals surface area contributed by atoms with Crippen LogP contribution in [0, 0.1) is 5.92 Å². The molecule has 21 heavy (non-hydrogen) atoms. The quantitative estimate of drug-likeness (QED) is 0.916. The minimum Gasteiger partial charge on any atom is -0.326 e. The third-order valence-corrected chi connectivity index (χ3v) is 5.27. The Kier molecular flexibility index (Phi) is 3.24. The van der Waals surface area contributed by atoms with Crippen LogP contribution in [0.5, 0.6) is 0 Å². The summed E-state index contributed by atoms with van der Waals surface area (Å²) < 4.78 is 0. The van der Waals surface area contributed by atoms with Gasteiger partial charge in [0.25, 0.3) is 0 Å².